The number of nitrogens with zero attached hydrogens (tertiary/aromatic N) is 5. The van der Waals surface area contributed by atoms with Crippen molar-refractivity contribution in [1.82, 2.24) is 24.4 Å². The highest BCUT2D eigenvalue weighted by molar-refractivity contribution is 5.56. The van der Waals surface area contributed by atoms with Crippen molar-refractivity contribution in [3.05, 3.63) is 41.0 Å². The topological polar surface area (TPSA) is 60.0 Å². The van der Waals surface area contributed by atoms with Gasteiger partial charge in [0.1, 0.15) is 5.82 Å². The van der Waals surface area contributed by atoms with Gasteiger partial charge in [-0.25, -0.2) is 4.98 Å². The van der Waals surface area contributed by atoms with Crippen LogP contribution < -0.4 is 5.32 Å². The normalized spacial score (nSPS) is 11.3. The molecular formula is C16H22N6. The highest BCUT2D eigenvalue weighted by Crippen LogP contribution is 2.19. The largest absolute Gasteiger partial charge is 0.366 e. The minimum absolute atomic E-state index is 0.722. The second kappa shape index (κ2) is 5.79. The quantitative estimate of drug-likeness (QED) is 0.787. The molecule has 0 aliphatic rings. The molecule has 1 N–H and O–H groups in total. The van der Waals surface area contributed by atoms with Crippen molar-refractivity contribution in [3.8, 4) is 0 Å². The summed E-state index contributed by atoms with van der Waals surface area (Å²) in [5.41, 5.74) is 5.32. The predicted octanol–water partition coefficient (Wildman–Crippen LogP) is 2.74. The van der Waals surface area contributed by atoms with E-state index in [1.54, 1.807) is 0 Å². The van der Waals surface area contributed by atoms with Gasteiger partial charge in [-0.15, -0.1) is 0 Å². The number of hydrogen-bond acceptors (Lipinski definition) is 4. The van der Waals surface area contributed by atoms with E-state index in [2.05, 4.69) is 48.5 Å². The first-order valence-corrected chi connectivity index (χ1v) is 7.73. The van der Waals surface area contributed by atoms with Gasteiger partial charge >= 0.3 is 0 Å². The maximum atomic E-state index is 4.69. The Kier molecular flexibility index (Phi) is 3.83. The first-order valence-electron chi connectivity index (χ1n) is 7.73. The lowest BCUT2D eigenvalue weighted by Crippen LogP contribution is -2.07. The maximum Gasteiger partial charge on any atom is 0.160 e. The molecule has 3 heterocycles. The fraction of sp³-hybridized carbons (Fsp3) is 0.438. The summed E-state index contributed by atoms with van der Waals surface area (Å²) in [6, 6.07) is 2.07. The van der Waals surface area contributed by atoms with Gasteiger partial charge in [-0.1, -0.05) is 6.92 Å². The van der Waals surface area contributed by atoms with Crippen molar-refractivity contribution in [1.29, 1.82) is 0 Å². The van der Waals surface area contributed by atoms with Crippen LogP contribution in [0.3, 0.4) is 0 Å². The minimum atomic E-state index is 0.722. The highest BCUT2D eigenvalue weighted by atomic mass is 15.3. The van der Waals surface area contributed by atoms with Gasteiger partial charge < -0.3 is 5.32 Å². The zero-order chi connectivity index (χ0) is 15.7. The first-order chi connectivity index (χ1) is 10.6. The summed E-state index contributed by atoms with van der Waals surface area (Å²) in [7, 11) is 0. The fourth-order valence-corrected chi connectivity index (χ4v) is 2.45. The molecule has 3 aromatic rings. The Bertz CT molecular complexity index is 798. The van der Waals surface area contributed by atoms with Gasteiger partial charge in [-0.3, -0.25) is 4.68 Å². The monoisotopic (exact) mass is 298 g/mol. The Morgan fingerprint density at radius 2 is 2.05 bits per heavy atom. The molecular weight excluding hydrogens is 276 g/mol. The van der Waals surface area contributed by atoms with Crippen LogP contribution >= 0.6 is 0 Å². The average Bonchev–Trinajstić information content (AvgIpc) is 3.11. The molecule has 0 aromatic carbocycles. The van der Waals surface area contributed by atoms with E-state index in [4.69, 9.17) is 4.98 Å². The summed E-state index contributed by atoms with van der Waals surface area (Å²) in [5.74, 6) is 0.974. The van der Waals surface area contributed by atoms with Gasteiger partial charge in [0.2, 0.25) is 0 Å². The Hall–Kier alpha value is -2.37. The summed E-state index contributed by atoms with van der Waals surface area (Å²) >= 11 is 0. The second-order valence-corrected chi connectivity index (χ2v) is 5.49. The Balaban J connectivity index is 1.93. The van der Waals surface area contributed by atoms with Crippen LogP contribution in [0.25, 0.3) is 5.65 Å². The van der Waals surface area contributed by atoms with E-state index in [1.807, 2.05) is 22.3 Å². The summed E-state index contributed by atoms with van der Waals surface area (Å²) in [6.45, 7) is 9.90. The fourth-order valence-electron chi connectivity index (χ4n) is 2.45. The number of anilines is 1. The number of aromatic nitrogens is 5. The van der Waals surface area contributed by atoms with Crippen LogP contribution in [0.15, 0.2) is 18.5 Å². The summed E-state index contributed by atoms with van der Waals surface area (Å²) < 4.78 is 3.83. The van der Waals surface area contributed by atoms with Gasteiger partial charge in [-0.2, -0.15) is 14.7 Å². The van der Waals surface area contributed by atoms with E-state index in [-0.39, 0.29) is 0 Å². The number of nitrogens with one attached hydrogen (secondary N) is 1. The molecule has 3 aromatic heterocycles. The van der Waals surface area contributed by atoms with Gasteiger partial charge in [0, 0.05) is 42.2 Å². The molecule has 0 bridgehead atoms. The number of fused-ring (bicyclic) bond motifs is 1. The molecule has 0 radical (unpaired) electrons. The van der Waals surface area contributed by atoms with E-state index >= 15 is 0 Å². The maximum absolute atomic E-state index is 4.69. The molecule has 0 fully saturated rings. The van der Waals surface area contributed by atoms with Crippen molar-refractivity contribution >= 4 is 11.5 Å². The third-order valence-corrected chi connectivity index (χ3v) is 3.96. The molecule has 116 valence electrons. The molecule has 0 atom stereocenters. The minimum Gasteiger partial charge on any atom is -0.366 e. The van der Waals surface area contributed by atoms with Gasteiger partial charge in [0.05, 0.1) is 11.9 Å². The lowest BCUT2D eigenvalue weighted by atomic mass is 10.2. The van der Waals surface area contributed by atoms with Crippen LogP contribution in [0.4, 0.5) is 5.82 Å². The average molecular weight is 298 g/mol. The first kappa shape index (κ1) is 14.6. The van der Waals surface area contributed by atoms with Crippen molar-refractivity contribution in [2.24, 2.45) is 0 Å². The number of hydrogen-bond donors (Lipinski definition) is 1. The Morgan fingerprint density at radius 1 is 1.23 bits per heavy atom. The van der Waals surface area contributed by atoms with E-state index in [0.29, 0.717) is 0 Å². The van der Waals surface area contributed by atoms with Crippen LogP contribution in [0.5, 0.6) is 0 Å². The van der Waals surface area contributed by atoms with Gasteiger partial charge in [-0.05, 0) is 27.2 Å². The van der Waals surface area contributed by atoms with E-state index in [1.165, 1.54) is 0 Å². The summed E-state index contributed by atoms with van der Waals surface area (Å²) in [6.07, 6.45) is 4.86. The Labute approximate surface area is 130 Å². The molecule has 0 spiro atoms. The zero-order valence-electron chi connectivity index (χ0n) is 13.6. The van der Waals surface area contributed by atoms with Gasteiger partial charge in [0.15, 0.2) is 5.65 Å². The standard InChI is InChI=1S/C16H22N6/c1-5-14-7-15(17-8-13-9-18-21(6-2)10-13)22-16(19-14)11(3)12(4)20-22/h7,9-10,17H,5-6,8H2,1-4H3. The molecule has 0 amide bonds. The molecule has 22 heavy (non-hydrogen) atoms. The third kappa shape index (κ3) is 2.56. The van der Waals surface area contributed by atoms with E-state index < -0.39 is 0 Å². The smallest absolute Gasteiger partial charge is 0.160 e. The van der Waals surface area contributed by atoms with Crippen LogP contribution in [0, 0.1) is 13.8 Å². The van der Waals surface area contributed by atoms with Crippen LogP contribution in [0.1, 0.15) is 36.4 Å². The lowest BCUT2D eigenvalue weighted by Gasteiger charge is -2.09. The summed E-state index contributed by atoms with van der Waals surface area (Å²) in [5, 5.41) is 12.4. The molecule has 0 aliphatic carbocycles. The molecule has 3 rings (SSSR count). The molecule has 0 unspecified atom stereocenters. The van der Waals surface area contributed by atoms with Crippen LogP contribution in [0.2, 0.25) is 0 Å². The summed E-state index contributed by atoms with van der Waals surface area (Å²) in [4.78, 5) is 4.69. The predicted molar refractivity (Wildman–Crippen MR) is 87.1 cm³/mol. The van der Waals surface area contributed by atoms with Crippen LogP contribution in [-0.4, -0.2) is 24.4 Å². The molecule has 0 aliphatic heterocycles. The van der Waals surface area contributed by atoms with Crippen LogP contribution in [-0.2, 0) is 19.5 Å². The van der Waals surface area contributed by atoms with Crippen molar-refractivity contribution in [2.45, 2.75) is 47.2 Å². The van der Waals surface area contributed by atoms with Crippen molar-refractivity contribution in [3.63, 3.8) is 0 Å². The van der Waals surface area contributed by atoms with Crippen molar-refractivity contribution in [2.75, 3.05) is 5.32 Å². The second-order valence-electron chi connectivity index (χ2n) is 5.49. The molecule has 0 saturated heterocycles. The van der Waals surface area contributed by atoms with Gasteiger partial charge in [0.25, 0.3) is 0 Å². The molecule has 6 nitrogen and oxygen atoms in total. The zero-order valence-corrected chi connectivity index (χ0v) is 13.6. The highest BCUT2D eigenvalue weighted by Gasteiger charge is 2.11. The lowest BCUT2D eigenvalue weighted by molar-refractivity contribution is 0.659. The third-order valence-electron chi connectivity index (χ3n) is 3.96. The number of rotatable bonds is 5. The van der Waals surface area contributed by atoms with E-state index in [9.17, 15) is 0 Å². The van der Waals surface area contributed by atoms with Crippen molar-refractivity contribution < 1.29 is 0 Å². The molecule has 0 saturated carbocycles. The Morgan fingerprint density at radius 3 is 2.73 bits per heavy atom. The number of aryl methyl sites for hydroxylation is 4. The van der Waals surface area contributed by atoms with E-state index in [0.717, 1.165) is 53.5 Å². The molecule has 6 heteroatoms. The SMILES string of the molecule is CCc1cc(NCc2cnn(CC)c2)n2nc(C)c(C)c2n1.